The number of para-hydroxylation sites is 3. The molecule has 0 N–H and O–H groups in total. The molecule has 11 aromatic carbocycles. The molecule has 0 bridgehead atoms. The van der Waals surface area contributed by atoms with Crippen molar-refractivity contribution in [1.82, 2.24) is 14.7 Å². The van der Waals surface area contributed by atoms with Gasteiger partial charge in [-0.15, -0.1) is 57.5 Å². The Bertz CT molecular complexity index is 4120. The molecule has 0 atom stereocenters. The van der Waals surface area contributed by atoms with E-state index >= 15 is 0 Å². The van der Waals surface area contributed by atoms with Crippen LogP contribution in [0.5, 0.6) is 0 Å². The van der Waals surface area contributed by atoms with Gasteiger partial charge in [0.15, 0.2) is 0 Å². The molecule has 0 saturated heterocycles. The Labute approximate surface area is 598 Å². The van der Waals surface area contributed by atoms with Crippen LogP contribution in [-0.2, 0) is 80.4 Å². The minimum atomic E-state index is 0. The van der Waals surface area contributed by atoms with E-state index in [-0.39, 0.29) is 80.4 Å². The fraction of sp³-hybridized carbons (Fsp3) is 0.0500. The van der Waals surface area contributed by atoms with E-state index in [9.17, 15) is 0 Å². The minimum Gasteiger partial charge on any atom is -0.510 e. The molecule has 4 aliphatic heterocycles. The SMILES string of the molecule is CN1C=CN(c2[c-]cc(-c3ccc(-c4ccccc4)cc3)cc2)[CH-]1.CN1C=CN(c2[c-]ccc(-c3ccc(-c4ccccc4)cc3)c2)[CH-]1.CN1C=CN(c2[c-]cccc2-c2ccccc2)[CH-]1.CN1[CH-]N(c2[c-]cc(-c3ccccc3)cc2)c2ccccc21.[Ir].[Ir].[Ir].[Ir]. The number of anilines is 6. The van der Waals surface area contributed by atoms with Crippen LogP contribution < -0.4 is 24.5 Å². The molecule has 0 aliphatic carbocycles. The summed E-state index contributed by atoms with van der Waals surface area (Å²) in [6.07, 6.45) is 12.2. The molecule has 0 saturated carbocycles. The van der Waals surface area contributed by atoms with Gasteiger partial charge in [-0.3, -0.25) is 0 Å². The predicted octanol–water partition coefficient (Wildman–Crippen LogP) is 18.7. The summed E-state index contributed by atoms with van der Waals surface area (Å²) in [5, 5.41) is 0. The predicted molar refractivity (Wildman–Crippen MR) is 366 cm³/mol. The van der Waals surface area contributed by atoms with Gasteiger partial charge in [0.1, 0.15) is 0 Å². The third-order valence-corrected chi connectivity index (χ3v) is 15.2. The molecule has 470 valence electrons. The molecular formula is C80H66Ir4N8-8. The van der Waals surface area contributed by atoms with E-state index in [1.807, 2.05) is 142 Å². The van der Waals surface area contributed by atoms with Crippen LogP contribution >= 0.6 is 0 Å². The van der Waals surface area contributed by atoms with Gasteiger partial charge in [-0.25, -0.2) is 0 Å². The molecule has 4 heterocycles. The third kappa shape index (κ3) is 17.4. The van der Waals surface area contributed by atoms with Crippen LogP contribution in [0.25, 0.3) is 66.8 Å². The first kappa shape index (κ1) is 69.5. The zero-order chi connectivity index (χ0) is 60.0. The smallest absolute Gasteiger partial charge is 0.0326 e. The average molecular weight is 1910 g/mol. The van der Waals surface area contributed by atoms with Crippen LogP contribution in [0.2, 0.25) is 0 Å². The molecule has 11 aromatic rings. The number of hydrogen-bond donors (Lipinski definition) is 0. The first-order valence-corrected chi connectivity index (χ1v) is 29.3. The summed E-state index contributed by atoms with van der Waals surface area (Å²) in [7, 11) is 8.11. The second-order valence-electron chi connectivity index (χ2n) is 21.5. The molecule has 0 fully saturated rings. The van der Waals surface area contributed by atoms with Gasteiger partial charge in [-0.05, 0) is 105 Å². The number of hydrogen-bond acceptors (Lipinski definition) is 8. The Hall–Kier alpha value is -8.36. The Morgan fingerprint density at radius 2 is 0.663 bits per heavy atom. The molecule has 0 unspecified atom stereocenters. The maximum absolute atomic E-state index is 3.41. The van der Waals surface area contributed by atoms with Crippen LogP contribution in [0, 0.1) is 50.9 Å². The van der Waals surface area contributed by atoms with Crippen molar-refractivity contribution in [2.75, 3.05) is 52.7 Å². The van der Waals surface area contributed by atoms with E-state index in [0.29, 0.717) is 0 Å². The molecule has 92 heavy (non-hydrogen) atoms. The van der Waals surface area contributed by atoms with Crippen molar-refractivity contribution in [2.24, 2.45) is 0 Å². The van der Waals surface area contributed by atoms with Gasteiger partial charge in [0.05, 0.1) is 0 Å². The fourth-order valence-corrected chi connectivity index (χ4v) is 10.6. The van der Waals surface area contributed by atoms with Gasteiger partial charge >= 0.3 is 0 Å². The number of benzene rings is 11. The van der Waals surface area contributed by atoms with Gasteiger partial charge < -0.3 is 39.2 Å². The van der Waals surface area contributed by atoms with E-state index in [1.165, 1.54) is 78.1 Å². The van der Waals surface area contributed by atoms with Crippen LogP contribution in [-0.4, -0.2) is 42.9 Å². The van der Waals surface area contributed by atoms with E-state index in [1.54, 1.807) is 0 Å². The monoisotopic (exact) mass is 1910 g/mol. The Morgan fingerprint density at radius 1 is 0.272 bits per heavy atom. The number of fused-ring (bicyclic) bond motifs is 1. The van der Waals surface area contributed by atoms with Crippen molar-refractivity contribution >= 4 is 34.1 Å². The first-order chi connectivity index (χ1) is 43.3. The molecule has 0 amide bonds. The molecule has 12 heteroatoms. The van der Waals surface area contributed by atoms with E-state index in [4.69, 9.17) is 0 Å². The quantitative estimate of drug-likeness (QED) is 0.125. The Kier molecular flexibility index (Phi) is 25.5. The van der Waals surface area contributed by atoms with E-state index < -0.39 is 0 Å². The van der Waals surface area contributed by atoms with Crippen LogP contribution in [0.3, 0.4) is 0 Å². The topological polar surface area (TPSA) is 25.9 Å². The molecular weight excluding hydrogens is 1840 g/mol. The first-order valence-electron chi connectivity index (χ1n) is 29.3. The summed E-state index contributed by atoms with van der Waals surface area (Å²) in [4.78, 5) is 16.6. The summed E-state index contributed by atoms with van der Waals surface area (Å²) in [5.41, 5.74) is 21.1. The van der Waals surface area contributed by atoms with E-state index in [0.717, 1.165) is 22.7 Å². The minimum absolute atomic E-state index is 0. The normalized spacial score (nSPS) is 13.0. The third-order valence-electron chi connectivity index (χ3n) is 15.2. The van der Waals surface area contributed by atoms with Gasteiger partial charge in [0, 0.05) is 91.8 Å². The van der Waals surface area contributed by atoms with Crippen molar-refractivity contribution in [3.63, 3.8) is 0 Å². The molecule has 4 aliphatic rings. The zero-order valence-corrected chi connectivity index (χ0v) is 60.7. The number of nitrogens with zero attached hydrogens (tertiary/aromatic N) is 8. The largest absolute Gasteiger partial charge is 0.510 e. The van der Waals surface area contributed by atoms with Crippen molar-refractivity contribution in [1.29, 1.82) is 0 Å². The summed E-state index contributed by atoms with van der Waals surface area (Å²) in [6.45, 7) is 8.20. The molecule has 4 radical (unpaired) electrons. The maximum atomic E-state index is 3.41. The van der Waals surface area contributed by atoms with Crippen LogP contribution in [0.4, 0.5) is 34.1 Å². The summed E-state index contributed by atoms with van der Waals surface area (Å²) < 4.78 is 0. The molecule has 15 rings (SSSR count). The average Bonchev–Trinajstić information content (AvgIpc) is 1.72. The Balaban J connectivity index is 0.000000156. The molecule has 8 nitrogen and oxygen atoms in total. The van der Waals surface area contributed by atoms with Gasteiger partial charge in [0.25, 0.3) is 0 Å². The van der Waals surface area contributed by atoms with Crippen molar-refractivity contribution < 1.29 is 80.4 Å². The Morgan fingerprint density at radius 3 is 1.13 bits per heavy atom. The standard InChI is InChI=1S/2C22H18N2.C20H16N2.C16H14N2.4Ir/c1-23-14-15-24(17-23)22-9-5-8-21(16-22)20-12-10-19(11-13-20)18-6-3-2-4-7-18;1-23-15-16-24(17-23)22-13-11-21(12-14-22)20-9-7-19(8-10-20)18-5-3-2-4-6-18;1-21-15-22(20-10-6-5-9-19(20)21)18-13-11-17(12-14-18)16-7-3-2-4-8-16;1-17-11-12-18(13-17)16-10-6-5-9-15(16)14-7-3-2-4-8-14;;;;/h2-8,10-17H,1H3;2-13,15-17H,1H3;2-13,15H,1H3;2-9,11-13H,1H3;;;;/q4*-2;;;;. The van der Waals surface area contributed by atoms with Crippen molar-refractivity contribution in [2.45, 2.75) is 0 Å². The van der Waals surface area contributed by atoms with Crippen molar-refractivity contribution in [3.05, 3.63) is 355 Å². The van der Waals surface area contributed by atoms with Gasteiger partial charge in [0.2, 0.25) is 0 Å². The summed E-state index contributed by atoms with van der Waals surface area (Å²) >= 11 is 0. The van der Waals surface area contributed by atoms with E-state index in [2.05, 4.69) is 281 Å². The van der Waals surface area contributed by atoms with Gasteiger partial charge in [-0.2, -0.15) is 106 Å². The zero-order valence-electron chi connectivity index (χ0n) is 51.1. The second-order valence-corrected chi connectivity index (χ2v) is 21.5. The summed E-state index contributed by atoms with van der Waals surface area (Å²) in [6, 6.07) is 106. The fourth-order valence-electron chi connectivity index (χ4n) is 10.6. The summed E-state index contributed by atoms with van der Waals surface area (Å²) in [5.74, 6) is 0. The number of rotatable bonds is 10. The van der Waals surface area contributed by atoms with Crippen molar-refractivity contribution in [3.8, 4) is 66.8 Å². The van der Waals surface area contributed by atoms with Crippen LogP contribution in [0.15, 0.2) is 304 Å². The molecule has 0 aromatic heterocycles. The molecule has 0 spiro atoms. The second kappa shape index (κ2) is 33.8. The maximum Gasteiger partial charge on any atom is 0.0326 e. The van der Waals surface area contributed by atoms with Gasteiger partial charge in [-0.1, -0.05) is 204 Å². The van der Waals surface area contributed by atoms with Crippen LogP contribution in [0.1, 0.15) is 0 Å².